The molecule has 0 aliphatic heterocycles. The van der Waals surface area contributed by atoms with E-state index < -0.39 is 0 Å². The maximum absolute atomic E-state index is 9.83. The fourth-order valence-corrected chi connectivity index (χ4v) is 3.45. The number of hydrogen-bond donors (Lipinski definition) is 2. The first kappa shape index (κ1) is 24.3. The molecule has 5 heteroatoms. The molecular weight excluding hydrogens is 455 g/mol. The van der Waals surface area contributed by atoms with Crippen molar-refractivity contribution in [2.75, 3.05) is 0 Å². The molecule has 0 saturated carbocycles. The van der Waals surface area contributed by atoms with Gasteiger partial charge in [-0.05, 0) is 12.1 Å². The Hall–Kier alpha value is -3.37. The second kappa shape index (κ2) is 12.0. The molecule has 0 aromatic heterocycles. The molecule has 0 bridgehead atoms. The summed E-state index contributed by atoms with van der Waals surface area (Å²) in [6, 6.07) is 34.9. The Labute approximate surface area is 203 Å². The van der Waals surface area contributed by atoms with Crippen LogP contribution in [0.4, 0.5) is 11.4 Å². The van der Waals surface area contributed by atoms with Crippen LogP contribution >= 0.6 is 0 Å². The molecule has 0 unspecified atom stereocenters. The van der Waals surface area contributed by atoms with Gasteiger partial charge in [-0.15, -0.1) is 0 Å². The second-order valence-corrected chi connectivity index (χ2v) is 7.23. The van der Waals surface area contributed by atoms with Crippen molar-refractivity contribution < 1.29 is 26.7 Å². The van der Waals surface area contributed by atoms with E-state index >= 15 is 0 Å². The fourth-order valence-electron chi connectivity index (χ4n) is 3.45. The number of nitrogens with zero attached hydrogens (tertiary/aromatic N) is 2. The molecular formula is C28H24N2NiO2. The third-order valence-corrected chi connectivity index (χ3v) is 5.11. The Bertz CT molecular complexity index is 1140. The number of hydrogen-bond acceptors (Lipinski definition) is 4. The first-order valence-electron chi connectivity index (χ1n) is 10.5. The Balaban J connectivity index is 0.00000306. The zero-order valence-electron chi connectivity index (χ0n) is 17.9. The molecule has 33 heavy (non-hydrogen) atoms. The van der Waals surface area contributed by atoms with Crippen molar-refractivity contribution in [1.29, 1.82) is 0 Å². The molecule has 0 spiro atoms. The molecule has 4 rings (SSSR count). The molecule has 4 nitrogen and oxygen atoms in total. The normalized spacial score (nSPS) is 11.7. The van der Waals surface area contributed by atoms with Gasteiger partial charge in [0.2, 0.25) is 0 Å². The van der Waals surface area contributed by atoms with Gasteiger partial charge in [0.25, 0.3) is 0 Å². The van der Waals surface area contributed by atoms with E-state index in [1.165, 1.54) is 0 Å². The Morgan fingerprint density at radius 1 is 0.485 bits per heavy atom. The number of rotatable bonds is 7. The van der Waals surface area contributed by atoms with Crippen molar-refractivity contribution in [1.82, 2.24) is 0 Å². The second-order valence-electron chi connectivity index (χ2n) is 7.23. The maximum atomic E-state index is 9.83. The summed E-state index contributed by atoms with van der Waals surface area (Å²) in [7, 11) is 0. The molecule has 0 fully saturated rings. The molecule has 4 aromatic carbocycles. The van der Waals surface area contributed by atoms with Crippen LogP contribution in [-0.4, -0.2) is 21.6 Å². The smallest absolute Gasteiger partial charge is 0.0972 e. The van der Waals surface area contributed by atoms with Gasteiger partial charge in [-0.2, -0.15) is 0 Å². The van der Waals surface area contributed by atoms with E-state index in [4.69, 9.17) is 9.98 Å². The average molecular weight is 479 g/mol. The molecule has 0 heterocycles. The van der Waals surface area contributed by atoms with Crippen molar-refractivity contribution in [3.8, 4) is 0 Å². The summed E-state index contributed by atoms with van der Waals surface area (Å²) in [6.07, 6.45) is 0. The van der Waals surface area contributed by atoms with Gasteiger partial charge >= 0.3 is 0 Å². The van der Waals surface area contributed by atoms with Gasteiger partial charge in [0.1, 0.15) is 0 Å². The summed E-state index contributed by atoms with van der Waals surface area (Å²) in [4.78, 5) is 9.98. The first-order valence-corrected chi connectivity index (χ1v) is 10.5. The topological polar surface area (TPSA) is 65.2 Å². The van der Waals surface area contributed by atoms with Crippen LogP contribution in [-0.2, 0) is 29.7 Å². The van der Waals surface area contributed by atoms with Gasteiger partial charge in [0.15, 0.2) is 0 Å². The molecule has 168 valence electrons. The monoisotopic (exact) mass is 478 g/mol. The van der Waals surface area contributed by atoms with Gasteiger partial charge in [-0.3, -0.25) is 0 Å². The van der Waals surface area contributed by atoms with Crippen molar-refractivity contribution in [3.05, 3.63) is 131 Å². The van der Waals surface area contributed by atoms with Gasteiger partial charge in [0.05, 0.1) is 36.0 Å². The number of para-hydroxylation sites is 2. The SMILES string of the molecule is OCc1ccccc1N=C(C(=Nc1ccccc1CO)c1ccccc1)c1ccccc1.[Ni]. The van der Waals surface area contributed by atoms with Crippen LogP contribution in [0.1, 0.15) is 22.3 Å². The average Bonchev–Trinajstić information content (AvgIpc) is 2.87. The summed E-state index contributed by atoms with van der Waals surface area (Å²) in [6.45, 7) is -0.209. The minimum absolute atomic E-state index is 0. The van der Waals surface area contributed by atoms with Crippen LogP contribution in [0.25, 0.3) is 0 Å². The van der Waals surface area contributed by atoms with Crippen LogP contribution in [0.3, 0.4) is 0 Å². The van der Waals surface area contributed by atoms with Crippen molar-refractivity contribution in [2.45, 2.75) is 13.2 Å². The van der Waals surface area contributed by atoms with Crippen molar-refractivity contribution >= 4 is 22.8 Å². The molecule has 0 saturated heterocycles. The summed E-state index contributed by atoms with van der Waals surface area (Å²) in [5.74, 6) is 0. The Morgan fingerprint density at radius 2 is 0.818 bits per heavy atom. The predicted octanol–water partition coefficient (Wildman–Crippen LogP) is 5.61. The van der Waals surface area contributed by atoms with Crippen LogP contribution in [0.5, 0.6) is 0 Å². The van der Waals surface area contributed by atoms with E-state index in [2.05, 4.69) is 0 Å². The van der Waals surface area contributed by atoms with Gasteiger partial charge < -0.3 is 10.2 Å². The van der Waals surface area contributed by atoms with Crippen molar-refractivity contribution in [3.63, 3.8) is 0 Å². The third-order valence-electron chi connectivity index (χ3n) is 5.11. The zero-order valence-corrected chi connectivity index (χ0v) is 18.9. The molecule has 4 aromatic rings. The largest absolute Gasteiger partial charge is 0.392 e. The van der Waals surface area contributed by atoms with E-state index in [0.717, 1.165) is 22.3 Å². The number of benzene rings is 4. The van der Waals surface area contributed by atoms with Crippen LogP contribution in [0.2, 0.25) is 0 Å². The molecule has 0 radical (unpaired) electrons. The number of aliphatic hydroxyl groups excluding tert-OH is 2. The number of aliphatic imine (C=N–C) groups is 2. The molecule has 0 atom stereocenters. The van der Waals surface area contributed by atoms with Crippen LogP contribution in [0.15, 0.2) is 119 Å². The standard InChI is InChI=1S/C28H24N2O2.Ni/c31-19-23-15-7-9-17-25(23)29-27(21-11-3-1-4-12-21)28(22-13-5-2-6-14-22)30-26-18-10-8-16-24(26)20-32;/h1-18,31-32H,19-20H2;. The Kier molecular flexibility index (Phi) is 8.85. The fraction of sp³-hybridized carbons (Fsp3) is 0.0714. The predicted molar refractivity (Wildman–Crippen MR) is 130 cm³/mol. The van der Waals surface area contributed by atoms with E-state index in [0.29, 0.717) is 22.8 Å². The van der Waals surface area contributed by atoms with Gasteiger partial charge in [-0.25, -0.2) is 9.98 Å². The van der Waals surface area contributed by atoms with Crippen LogP contribution < -0.4 is 0 Å². The maximum Gasteiger partial charge on any atom is 0.0972 e. The van der Waals surface area contributed by atoms with Crippen LogP contribution in [0, 0.1) is 0 Å². The summed E-state index contributed by atoms with van der Waals surface area (Å²) in [5.41, 5.74) is 6.04. The molecule has 0 aliphatic rings. The van der Waals surface area contributed by atoms with E-state index in [9.17, 15) is 10.2 Å². The minimum Gasteiger partial charge on any atom is -0.392 e. The van der Waals surface area contributed by atoms with Gasteiger partial charge in [-0.1, -0.05) is 97.1 Å². The zero-order chi connectivity index (χ0) is 22.2. The van der Waals surface area contributed by atoms with Gasteiger partial charge in [0, 0.05) is 38.7 Å². The summed E-state index contributed by atoms with van der Waals surface area (Å²) in [5, 5.41) is 19.7. The summed E-state index contributed by atoms with van der Waals surface area (Å²) >= 11 is 0. The number of aliphatic hydroxyl groups is 2. The quantitative estimate of drug-likeness (QED) is 0.268. The van der Waals surface area contributed by atoms with Crippen molar-refractivity contribution in [2.24, 2.45) is 9.98 Å². The molecule has 2 N–H and O–H groups in total. The molecule has 0 amide bonds. The van der Waals surface area contributed by atoms with E-state index in [1.807, 2.05) is 109 Å². The molecule has 0 aliphatic carbocycles. The third kappa shape index (κ3) is 5.91. The van der Waals surface area contributed by atoms with E-state index in [-0.39, 0.29) is 29.7 Å². The summed E-state index contributed by atoms with van der Waals surface area (Å²) < 4.78 is 0. The minimum atomic E-state index is -0.104. The Morgan fingerprint density at radius 3 is 1.18 bits per heavy atom. The van der Waals surface area contributed by atoms with E-state index in [1.54, 1.807) is 0 Å². The first-order chi connectivity index (χ1) is 15.8.